The van der Waals surface area contributed by atoms with Gasteiger partial charge < -0.3 is 14.6 Å². The summed E-state index contributed by atoms with van der Waals surface area (Å²) >= 11 is 0. The minimum atomic E-state index is -1.14. The third-order valence-electron chi connectivity index (χ3n) is 2.57. The maximum atomic E-state index is 10.6. The highest BCUT2D eigenvalue weighted by Crippen LogP contribution is 2.21. The first-order valence-corrected chi connectivity index (χ1v) is 5.58. The van der Waals surface area contributed by atoms with Gasteiger partial charge in [0.1, 0.15) is 11.9 Å². The van der Waals surface area contributed by atoms with Crippen LogP contribution in [0.2, 0.25) is 0 Å². The van der Waals surface area contributed by atoms with Crippen molar-refractivity contribution in [3.63, 3.8) is 0 Å². The van der Waals surface area contributed by atoms with Gasteiger partial charge in [-0.1, -0.05) is 6.07 Å². The number of aromatic nitrogens is 1. The number of aliphatic hydroxyl groups excluding tert-OH is 1. The van der Waals surface area contributed by atoms with Crippen LogP contribution in [0.3, 0.4) is 0 Å². The molecule has 0 aromatic carbocycles. The number of aryl methyl sites for hydroxylation is 1. The SMILES string of the molecule is O=C(O)c1ccc(C(O)CCc2ccccn2)o1. The van der Waals surface area contributed by atoms with Crippen LogP contribution in [0.15, 0.2) is 40.9 Å². The largest absolute Gasteiger partial charge is 0.475 e. The summed E-state index contributed by atoms with van der Waals surface area (Å²) in [6, 6.07) is 8.39. The number of hydrogen-bond donors (Lipinski definition) is 2. The number of carboxylic acid groups (broad SMARTS) is 1. The van der Waals surface area contributed by atoms with Gasteiger partial charge in [0, 0.05) is 11.9 Å². The van der Waals surface area contributed by atoms with Gasteiger partial charge in [-0.3, -0.25) is 4.98 Å². The van der Waals surface area contributed by atoms with Crippen LogP contribution < -0.4 is 0 Å². The molecule has 0 amide bonds. The lowest BCUT2D eigenvalue weighted by atomic mass is 10.1. The van der Waals surface area contributed by atoms with E-state index >= 15 is 0 Å². The smallest absolute Gasteiger partial charge is 0.371 e. The van der Waals surface area contributed by atoms with Gasteiger partial charge in [-0.15, -0.1) is 0 Å². The van der Waals surface area contributed by atoms with Crippen molar-refractivity contribution in [3.8, 4) is 0 Å². The average Bonchev–Trinajstić information content (AvgIpc) is 2.87. The van der Waals surface area contributed by atoms with Crippen molar-refractivity contribution in [1.82, 2.24) is 4.98 Å². The third-order valence-corrected chi connectivity index (χ3v) is 2.57. The molecule has 2 aromatic rings. The zero-order valence-electron chi connectivity index (χ0n) is 9.61. The van der Waals surface area contributed by atoms with E-state index in [0.29, 0.717) is 12.8 Å². The van der Waals surface area contributed by atoms with E-state index in [2.05, 4.69) is 4.98 Å². The van der Waals surface area contributed by atoms with Crippen LogP contribution in [-0.2, 0) is 6.42 Å². The van der Waals surface area contributed by atoms with Crippen LogP contribution in [0.4, 0.5) is 0 Å². The van der Waals surface area contributed by atoms with E-state index in [0.717, 1.165) is 5.69 Å². The number of aliphatic hydroxyl groups is 1. The summed E-state index contributed by atoms with van der Waals surface area (Å²) < 4.78 is 5.03. The van der Waals surface area contributed by atoms with E-state index in [9.17, 15) is 9.90 Å². The van der Waals surface area contributed by atoms with Crippen molar-refractivity contribution >= 4 is 5.97 Å². The fraction of sp³-hybridized carbons (Fsp3) is 0.231. The second-order valence-electron chi connectivity index (χ2n) is 3.88. The molecule has 2 heterocycles. The van der Waals surface area contributed by atoms with Gasteiger partial charge in [-0.2, -0.15) is 0 Å². The molecule has 0 saturated carbocycles. The van der Waals surface area contributed by atoms with Gasteiger partial charge in [-0.25, -0.2) is 4.79 Å². The molecule has 1 atom stereocenters. The van der Waals surface area contributed by atoms with Gasteiger partial charge in [-0.05, 0) is 37.1 Å². The molecular formula is C13H13NO4. The lowest BCUT2D eigenvalue weighted by Gasteiger charge is -2.06. The summed E-state index contributed by atoms with van der Waals surface area (Å²) in [5.74, 6) is -1.04. The molecule has 2 aromatic heterocycles. The molecule has 0 aliphatic heterocycles. The Morgan fingerprint density at radius 1 is 1.33 bits per heavy atom. The first-order chi connectivity index (χ1) is 8.66. The molecule has 5 heteroatoms. The third kappa shape index (κ3) is 2.95. The second kappa shape index (κ2) is 5.46. The zero-order chi connectivity index (χ0) is 13.0. The van der Waals surface area contributed by atoms with Gasteiger partial charge in [0.05, 0.1) is 0 Å². The Hall–Kier alpha value is -2.14. The van der Waals surface area contributed by atoms with Gasteiger partial charge >= 0.3 is 5.97 Å². The molecule has 2 N–H and O–H groups in total. The van der Waals surface area contributed by atoms with Crippen LogP contribution in [0, 0.1) is 0 Å². The maximum absolute atomic E-state index is 10.6. The highest BCUT2D eigenvalue weighted by Gasteiger charge is 2.15. The van der Waals surface area contributed by atoms with Crippen LogP contribution >= 0.6 is 0 Å². The Bertz CT molecular complexity index is 521. The molecule has 94 valence electrons. The predicted molar refractivity (Wildman–Crippen MR) is 63.2 cm³/mol. The average molecular weight is 247 g/mol. The van der Waals surface area contributed by atoms with E-state index in [-0.39, 0.29) is 11.5 Å². The Morgan fingerprint density at radius 3 is 2.78 bits per heavy atom. The van der Waals surface area contributed by atoms with E-state index < -0.39 is 12.1 Å². The summed E-state index contributed by atoms with van der Waals surface area (Å²) in [5.41, 5.74) is 0.876. The van der Waals surface area contributed by atoms with Crippen molar-refractivity contribution in [2.24, 2.45) is 0 Å². The molecule has 5 nitrogen and oxygen atoms in total. The second-order valence-corrected chi connectivity index (χ2v) is 3.88. The first kappa shape index (κ1) is 12.3. The number of carboxylic acids is 1. The van der Waals surface area contributed by atoms with Crippen LogP contribution in [0.1, 0.15) is 34.5 Å². The first-order valence-electron chi connectivity index (χ1n) is 5.58. The van der Waals surface area contributed by atoms with Crippen molar-refractivity contribution in [1.29, 1.82) is 0 Å². The van der Waals surface area contributed by atoms with Gasteiger partial charge in [0.2, 0.25) is 5.76 Å². The molecule has 0 radical (unpaired) electrons. The van der Waals surface area contributed by atoms with E-state index in [4.69, 9.17) is 9.52 Å². The predicted octanol–water partition coefficient (Wildman–Crippen LogP) is 2.04. The molecule has 0 spiro atoms. The summed E-state index contributed by atoms with van der Waals surface area (Å²) in [6.07, 6.45) is 1.91. The van der Waals surface area contributed by atoms with Crippen LogP contribution in [-0.4, -0.2) is 21.2 Å². The van der Waals surface area contributed by atoms with Gasteiger partial charge in [0.25, 0.3) is 0 Å². The van der Waals surface area contributed by atoms with Crippen LogP contribution in [0.25, 0.3) is 0 Å². The van der Waals surface area contributed by atoms with E-state index in [1.165, 1.54) is 12.1 Å². The van der Waals surface area contributed by atoms with Crippen molar-refractivity contribution in [3.05, 3.63) is 53.7 Å². The minimum absolute atomic E-state index is 0.165. The highest BCUT2D eigenvalue weighted by molar-refractivity contribution is 5.84. The van der Waals surface area contributed by atoms with E-state index in [1.807, 2.05) is 18.2 Å². The van der Waals surface area contributed by atoms with Crippen molar-refractivity contribution in [2.75, 3.05) is 0 Å². The Kier molecular flexibility index (Phi) is 3.74. The standard InChI is InChI=1S/C13H13NO4/c15-10(5-4-9-3-1-2-8-14-9)11-6-7-12(18-11)13(16)17/h1-3,6-8,10,15H,4-5H2,(H,16,17). The number of rotatable bonds is 5. The number of aromatic carboxylic acids is 1. The lowest BCUT2D eigenvalue weighted by molar-refractivity contribution is 0.0650. The Balaban J connectivity index is 1.95. The number of pyridine rings is 1. The normalized spacial score (nSPS) is 12.3. The molecule has 0 aliphatic carbocycles. The minimum Gasteiger partial charge on any atom is -0.475 e. The Labute approximate surface area is 104 Å². The lowest BCUT2D eigenvalue weighted by Crippen LogP contribution is -2.00. The maximum Gasteiger partial charge on any atom is 0.371 e. The van der Waals surface area contributed by atoms with Gasteiger partial charge in [0.15, 0.2) is 0 Å². The topological polar surface area (TPSA) is 83.6 Å². The van der Waals surface area contributed by atoms with E-state index in [1.54, 1.807) is 6.20 Å². The molecular weight excluding hydrogens is 234 g/mol. The number of hydrogen-bond acceptors (Lipinski definition) is 4. The van der Waals surface area contributed by atoms with Crippen LogP contribution in [0.5, 0.6) is 0 Å². The highest BCUT2D eigenvalue weighted by atomic mass is 16.4. The van der Waals surface area contributed by atoms with Crippen molar-refractivity contribution < 1.29 is 19.4 Å². The molecule has 0 aliphatic rings. The molecule has 2 rings (SSSR count). The summed E-state index contributed by atoms with van der Waals surface area (Å²) in [5, 5.41) is 18.6. The molecule has 1 unspecified atom stereocenters. The fourth-order valence-electron chi connectivity index (χ4n) is 1.62. The molecule has 0 bridgehead atoms. The quantitative estimate of drug-likeness (QED) is 0.844. The summed E-state index contributed by atoms with van der Waals surface area (Å²) in [7, 11) is 0. The van der Waals surface area contributed by atoms with Crippen molar-refractivity contribution in [2.45, 2.75) is 18.9 Å². The monoisotopic (exact) mass is 247 g/mol. The summed E-state index contributed by atoms with van der Waals surface area (Å²) in [4.78, 5) is 14.8. The number of carbonyl (C=O) groups is 1. The molecule has 18 heavy (non-hydrogen) atoms. The number of furan rings is 1. The Morgan fingerprint density at radius 2 is 2.17 bits per heavy atom. The summed E-state index contributed by atoms with van der Waals surface area (Å²) in [6.45, 7) is 0. The molecule has 0 fully saturated rings. The zero-order valence-corrected chi connectivity index (χ0v) is 9.61. The number of nitrogens with zero attached hydrogens (tertiary/aromatic N) is 1. The molecule has 0 saturated heterocycles. The fourth-order valence-corrected chi connectivity index (χ4v) is 1.62.